The van der Waals surface area contributed by atoms with Crippen molar-refractivity contribution >= 4 is 11.9 Å². The summed E-state index contributed by atoms with van der Waals surface area (Å²) in [6, 6.07) is -0.0618. The van der Waals surface area contributed by atoms with Gasteiger partial charge in [-0.1, -0.05) is 0 Å². The van der Waals surface area contributed by atoms with Crippen LogP contribution in [0.3, 0.4) is 0 Å². The maximum absolute atomic E-state index is 12.6. The fourth-order valence-corrected chi connectivity index (χ4v) is 3.46. The molecule has 2 fully saturated rings. The third kappa shape index (κ3) is 1.90. The summed E-state index contributed by atoms with van der Waals surface area (Å²) in [6.07, 6.45) is 2.70. The molecule has 3 aliphatic heterocycles. The lowest BCUT2D eigenvalue weighted by atomic mass is 9.89. The molecule has 3 amide bonds. The van der Waals surface area contributed by atoms with Gasteiger partial charge in [0.2, 0.25) is 0 Å². The molecule has 0 bridgehead atoms. The minimum absolute atomic E-state index is 0.0353. The molecule has 1 aromatic rings. The van der Waals surface area contributed by atoms with Gasteiger partial charge in [-0.3, -0.25) is 4.79 Å². The number of likely N-dealkylation sites (tertiary alicyclic amines) is 1. The van der Waals surface area contributed by atoms with E-state index in [-0.39, 0.29) is 17.5 Å². The predicted molar refractivity (Wildman–Crippen MR) is 78.6 cm³/mol. The predicted octanol–water partition coefficient (Wildman–Crippen LogP) is -1.12. The Morgan fingerprint density at radius 1 is 1.36 bits per heavy atom. The Bertz CT molecular complexity index is 610. The number of likely N-dealkylation sites (N-methyl/N-ethyl adjacent to an activating group) is 1. The van der Waals surface area contributed by atoms with Crippen molar-refractivity contribution in [2.75, 3.05) is 39.8 Å². The van der Waals surface area contributed by atoms with Crippen LogP contribution < -0.4 is 10.6 Å². The smallest absolute Gasteiger partial charge is 0.317 e. The molecule has 22 heavy (non-hydrogen) atoms. The molecule has 1 spiro atoms. The molecule has 0 saturated carbocycles. The quantitative estimate of drug-likeness (QED) is 0.688. The van der Waals surface area contributed by atoms with Gasteiger partial charge < -0.3 is 25.0 Å². The molecule has 1 aromatic heterocycles. The Labute approximate surface area is 128 Å². The van der Waals surface area contributed by atoms with Gasteiger partial charge in [0.05, 0.1) is 5.54 Å². The van der Waals surface area contributed by atoms with Crippen molar-refractivity contribution < 1.29 is 9.59 Å². The summed E-state index contributed by atoms with van der Waals surface area (Å²) >= 11 is 0. The number of carbonyl (C=O) groups is 2. The van der Waals surface area contributed by atoms with Gasteiger partial charge >= 0.3 is 6.03 Å². The van der Waals surface area contributed by atoms with E-state index in [0.717, 1.165) is 31.9 Å². The third-order valence-electron chi connectivity index (χ3n) is 4.98. The van der Waals surface area contributed by atoms with Crippen molar-refractivity contribution in [3.63, 3.8) is 0 Å². The van der Waals surface area contributed by atoms with Gasteiger partial charge in [-0.2, -0.15) is 0 Å². The van der Waals surface area contributed by atoms with E-state index < -0.39 is 0 Å². The van der Waals surface area contributed by atoms with Crippen LogP contribution in [0.4, 0.5) is 4.79 Å². The Morgan fingerprint density at radius 3 is 2.91 bits per heavy atom. The van der Waals surface area contributed by atoms with Crippen molar-refractivity contribution in [3.8, 4) is 0 Å². The number of imidazole rings is 1. The van der Waals surface area contributed by atoms with Crippen LogP contribution in [0.25, 0.3) is 0 Å². The SMILES string of the molecule is CN1C(=O)NCC12CN(C(=O)c1cn3c(n1)CCNCC3)C2. The van der Waals surface area contributed by atoms with E-state index in [1.807, 2.05) is 6.20 Å². The molecule has 0 radical (unpaired) electrons. The first kappa shape index (κ1) is 13.6. The van der Waals surface area contributed by atoms with Crippen molar-refractivity contribution in [3.05, 3.63) is 17.7 Å². The number of nitrogens with zero attached hydrogens (tertiary/aromatic N) is 4. The lowest BCUT2D eigenvalue weighted by Gasteiger charge is -2.50. The molecule has 0 aromatic carbocycles. The van der Waals surface area contributed by atoms with E-state index in [0.29, 0.717) is 25.3 Å². The average molecular weight is 304 g/mol. The van der Waals surface area contributed by atoms with E-state index in [9.17, 15) is 9.59 Å². The second kappa shape index (κ2) is 4.70. The summed E-state index contributed by atoms with van der Waals surface area (Å²) in [4.78, 5) is 32.1. The van der Waals surface area contributed by atoms with Crippen LogP contribution in [-0.2, 0) is 13.0 Å². The highest BCUT2D eigenvalue weighted by Gasteiger charge is 2.53. The lowest BCUT2D eigenvalue weighted by molar-refractivity contribution is 0.00737. The molecule has 2 saturated heterocycles. The molecule has 0 aliphatic carbocycles. The lowest BCUT2D eigenvalue weighted by Crippen LogP contribution is -2.70. The molecule has 0 unspecified atom stereocenters. The first-order valence-corrected chi connectivity index (χ1v) is 7.67. The highest BCUT2D eigenvalue weighted by molar-refractivity contribution is 5.93. The van der Waals surface area contributed by atoms with Crippen LogP contribution in [0.15, 0.2) is 6.20 Å². The zero-order chi connectivity index (χ0) is 15.3. The number of carbonyl (C=O) groups excluding carboxylic acids is 2. The summed E-state index contributed by atoms with van der Waals surface area (Å²) in [6.45, 7) is 4.41. The van der Waals surface area contributed by atoms with E-state index in [1.54, 1.807) is 16.8 Å². The number of amides is 3. The van der Waals surface area contributed by atoms with Crippen LogP contribution in [0.2, 0.25) is 0 Å². The topological polar surface area (TPSA) is 82.5 Å². The maximum Gasteiger partial charge on any atom is 0.317 e. The fraction of sp³-hybridized carbons (Fsp3) is 0.643. The molecule has 2 N–H and O–H groups in total. The van der Waals surface area contributed by atoms with Crippen molar-refractivity contribution in [1.29, 1.82) is 0 Å². The van der Waals surface area contributed by atoms with Crippen LogP contribution in [0.5, 0.6) is 0 Å². The zero-order valence-corrected chi connectivity index (χ0v) is 12.6. The molecular weight excluding hydrogens is 284 g/mol. The number of nitrogens with one attached hydrogen (secondary N) is 2. The highest BCUT2D eigenvalue weighted by atomic mass is 16.2. The molecule has 3 aliphatic rings. The van der Waals surface area contributed by atoms with Gasteiger partial charge in [0, 0.05) is 58.9 Å². The fourth-order valence-electron chi connectivity index (χ4n) is 3.46. The number of aromatic nitrogens is 2. The van der Waals surface area contributed by atoms with Gasteiger partial charge in [-0.25, -0.2) is 9.78 Å². The normalized spacial score (nSPS) is 23.0. The molecule has 8 nitrogen and oxygen atoms in total. The van der Waals surface area contributed by atoms with E-state index in [4.69, 9.17) is 0 Å². The minimum atomic E-state index is -0.229. The second-order valence-electron chi connectivity index (χ2n) is 6.34. The number of hydrogen-bond donors (Lipinski definition) is 2. The molecule has 4 heterocycles. The summed E-state index contributed by atoms with van der Waals surface area (Å²) in [5, 5.41) is 6.15. The maximum atomic E-state index is 12.6. The molecule has 4 rings (SSSR count). The monoisotopic (exact) mass is 304 g/mol. The zero-order valence-electron chi connectivity index (χ0n) is 12.6. The highest BCUT2D eigenvalue weighted by Crippen LogP contribution is 2.30. The average Bonchev–Trinajstić information content (AvgIpc) is 2.92. The van der Waals surface area contributed by atoms with Crippen molar-refractivity contribution in [1.82, 2.24) is 30.0 Å². The van der Waals surface area contributed by atoms with Crippen LogP contribution in [-0.4, -0.2) is 76.6 Å². The Balaban J connectivity index is 1.47. The summed E-state index contributed by atoms with van der Waals surface area (Å²) in [5.74, 6) is 0.935. The van der Waals surface area contributed by atoms with Gasteiger partial charge in [0.1, 0.15) is 11.5 Å². The molecular formula is C14H20N6O2. The number of fused-ring (bicyclic) bond motifs is 1. The van der Waals surface area contributed by atoms with Gasteiger partial charge in [0.15, 0.2) is 0 Å². The molecule has 0 atom stereocenters. The second-order valence-corrected chi connectivity index (χ2v) is 6.34. The number of urea groups is 1. The van der Waals surface area contributed by atoms with E-state index >= 15 is 0 Å². The summed E-state index contributed by atoms with van der Waals surface area (Å²) in [5.41, 5.74) is 0.291. The van der Waals surface area contributed by atoms with Crippen molar-refractivity contribution in [2.45, 2.75) is 18.5 Å². The van der Waals surface area contributed by atoms with Gasteiger partial charge in [-0.15, -0.1) is 0 Å². The minimum Gasteiger partial charge on any atom is -0.335 e. The standard InChI is InChI=1S/C14H20N6O2/c1-18-13(22)16-7-14(18)8-20(9-14)12(21)10-6-19-5-4-15-3-2-11(19)17-10/h6,15H,2-5,7-9H2,1H3,(H,16,22). The Hall–Kier alpha value is -2.09. The third-order valence-corrected chi connectivity index (χ3v) is 4.98. The number of rotatable bonds is 1. The van der Waals surface area contributed by atoms with Gasteiger partial charge in [-0.05, 0) is 0 Å². The van der Waals surface area contributed by atoms with Crippen LogP contribution in [0, 0.1) is 0 Å². The van der Waals surface area contributed by atoms with Crippen LogP contribution >= 0.6 is 0 Å². The number of hydrogen-bond acceptors (Lipinski definition) is 4. The first-order valence-electron chi connectivity index (χ1n) is 7.67. The molecule has 118 valence electrons. The Kier molecular flexibility index (Phi) is 2.90. The van der Waals surface area contributed by atoms with E-state index in [1.165, 1.54) is 0 Å². The largest absolute Gasteiger partial charge is 0.335 e. The first-order chi connectivity index (χ1) is 10.6. The van der Waals surface area contributed by atoms with Gasteiger partial charge in [0.25, 0.3) is 5.91 Å². The van der Waals surface area contributed by atoms with Crippen molar-refractivity contribution in [2.24, 2.45) is 0 Å². The summed E-state index contributed by atoms with van der Waals surface area (Å²) < 4.78 is 2.07. The Morgan fingerprint density at radius 2 is 2.18 bits per heavy atom. The summed E-state index contributed by atoms with van der Waals surface area (Å²) in [7, 11) is 1.79. The van der Waals surface area contributed by atoms with Crippen LogP contribution in [0.1, 0.15) is 16.3 Å². The van der Waals surface area contributed by atoms with E-state index in [2.05, 4.69) is 20.2 Å². The molecule has 8 heteroatoms.